The first kappa shape index (κ1) is 10.4. The van der Waals surface area contributed by atoms with Crippen LogP contribution in [0.25, 0.3) is 65.7 Å². The van der Waals surface area contributed by atoms with Crippen molar-refractivity contribution in [1.82, 2.24) is 0 Å². The van der Waals surface area contributed by atoms with Gasteiger partial charge in [-0.2, -0.15) is 0 Å². The summed E-state index contributed by atoms with van der Waals surface area (Å²) in [6.45, 7) is 0. The number of rotatable bonds is 4. The molecule has 8 aromatic rings. The van der Waals surface area contributed by atoms with Gasteiger partial charge in [-0.1, -0.05) is 139 Å². The first-order chi connectivity index (χ1) is 28.2. The number of hydrogen-bond donors (Lipinski definition) is 0. The molecule has 0 aliphatic carbocycles. The molecule has 0 saturated carbocycles. The Labute approximate surface area is 261 Å². The van der Waals surface area contributed by atoms with Gasteiger partial charge < -0.3 is 4.42 Å². The summed E-state index contributed by atoms with van der Waals surface area (Å²) in [5.74, 6) is 0. The van der Waals surface area contributed by atoms with E-state index in [2.05, 4.69) is 0 Å². The summed E-state index contributed by atoms with van der Waals surface area (Å²) >= 11 is 0. The molecule has 0 atom stereocenters. The largest absolute Gasteiger partial charge is 0.455 e. The van der Waals surface area contributed by atoms with Crippen LogP contribution in [0.1, 0.15) is 38.5 Å². The molecule has 0 aliphatic rings. The highest BCUT2D eigenvalue weighted by Gasteiger charge is 2.20. The van der Waals surface area contributed by atoms with Gasteiger partial charge in [0.25, 0.3) is 0 Å². The van der Waals surface area contributed by atoms with Crippen LogP contribution in [0.15, 0.2) is 150 Å². The zero-order valence-electron chi connectivity index (χ0n) is 40.4. The lowest BCUT2D eigenvalue weighted by Gasteiger charge is -2.20. The zero-order chi connectivity index (χ0) is 43.9. The molecule has 0 aliphatic heterocycles. The molecular formula is C39H26O. The Hall–Kier alpha value is -5.14. The maximum Gasteiger partial charge on any atom is 0.143 e. The van der Waals surface area contributed by atoms with E-state index in [4.69, 9.17) is 23.6 Å². The van der Waals surface area contributed by atoms with E-state index in [1.165, 1.54) is 0 Å². The Balaban J connectivity index is 1.79. The summed E-state index contributed by atoms with van der Waals surface area (Å²) in [7, 11) is 0. The Kier molecular flexibility index (Phi) is 2.42. The van der Waals surface area contributed by atoms with Crippen LogP contribution in [0.5, 0.6) is 0 Å². The Bertz CT molecular complexity index is 3240. The van der Waals surface area contributed by atoms with E-state index in [-0.39, 0.29) is 33.1 Å². The lowest BCUT2D eigenvalue weighted by molar-refractivity contribution is 0.670. The topological polar surface area (TPSA) is 13.1 Å². The molecule has 7 aromatic carbocycles. The summed E-state index contributed by atoms with van der Waals surface area (Å²) in [6.07, 6.45) is -0.768. The van der Waals surface area contributed by atoms with Crippen molar-refractivity contribution in [3.8, 4) is 22.3 Å². The molecule has 188 valence electrons. The van der Waals surface area contributed by atoms with Gasteiger partial charge in [-0.3, -0.25) is 0 Å². The van der Waals surface area contributed by atoms with E-state index in [0.29, 0.717) is 5.39 Å². The third kappa shape index (κ3) is 3.56. The van der Waals surface area contributed by atoms with Crippen molar-refractivity contribution >= 4 is 43.5 Å². The van der Waals surface area contributed by atoms with Crippen molar-refractivity contribution < 1.29 is 31.8 Å². The molecule has 0 saturated heterocycles. The van der Waals surface area contributed by atoms with Crippen molar-refractivity contribution in [3.05, 3.63) is 156 Å². The highest BCUT2D eigenvalue weighted by molar-refractivity contribution is 6.20. The van der Waals surface area contributed by atoms with Crippen molar-refractivity contribution in [2.24, 2.45) is 0 Å². The average molecular weight is 531 g/mol. The summed E-state index contributed by atoms with van der Waals surface area (Å²) < 4.78 is 184. The third-order valence-electron chi connectivity index (χ3n) is 6.77. The maximum absolute atomic E-state index is 9.47. The highest BCUT2D eigenvalue weighted by atomic mass is 16.3. The highest BCUT2D eigenvalue weighted by Crippen LogP contribution is 2.45. The fourth-order valence-electron chi connectivity index (χ4n) is 5.14. The van der Waals surface area contributed by atoms with E-state index in [1.807, 2.05) is 0 Å². The molecular weight excluding hydrogens is 484 g/mol. The van der Waals surface area contributed by atoms with Crippen LogP contribution in [0, 0.1) is 0 Å². The maximum atomic E-state index is 9.47. The third-order valence-corrected chi connectivity index (χ3v) is 6.77. The monoisotopic (exact) mass is 530 g/mol. The van der Waals surface area contributed by atoms with Crippen molar-refractivity contribution in [3.63, 3.8) is 0 Å². The van der Waals surface area contributed by atoms with Crippen molar-refractivity contribution in [1.29, 1.82) is 0 Å². The molecule has 0 N–H and O–H groups in total. The molecule has 0 amide bonds. The van der Waals surface area contributed by atoms with Gasteiger partial charge in [0, 0.05) is 16.3 Å². The second-order valence-electron chi connectivity index (χ2n) is 8.94. The quantitative estimate of drug-likeness (QED) is 0.206. The number of benzene rings is 7. The lowest BCUT2D eigenvalue weighted by atomic mass is 9.83. The number of furan rings is 1. The summed E-state index contributed by atoms with van der Waals surface area (Å²) in [5.41, 5.74) is -2.73. The lowest BCUT2D eigenvalue weighted by Crippen LogP contribution is -1.97. The van der Waals surface area contributed by atoms with Gasteiger partial charge >= 0.3 is 0 Å². The first-order valence-electron chi connectivity index (χ1n) is 22.2. The van der Waals surface area contributed by atoms with Crippen molar-refractivity contribution in [2.45, 2.75) is 6.42 Å². The molecule has 1 heterocycles. The predicted molar refractivity (Wildman–Crippen MR) is 169 cm³/mol. The molecule has 0 unspecified atom stereocenters. The van der Waals surface area contributed by atoms with Gasteiger partial charge in [0.15, 0.2) is 0 Å². The molecule has 1 nitrogen and oxygen atoms in total. The molecule has 40 heavy (non-hydrogen) atoms. The van der Waals surface area contributed by atoms with Gasteiger partial charge in [-0.15, -0.1) is 0 Å². The van der Waals surface area contributed by atoms with Crippen LogP contribution >= 0.6 is 0 Å². The minimum atomic E-state index is -0.857. The molecule has 8 rings (SSSR count). The summed E-state index contributed by atoms with van der Waals surface area (Å²) in [4.78, 5) is 0. The molecule has 0 radical (unpaired) electrons. The van der Waals surface area contributed by atoms with E-state index in [1.54, 1.807) is 24.3 Å². The fourth-order valence-corrected chi connectivity index (χ4v) is 5.14. The smallest absolute Gasteiger partial charge is 0.143 e. The van der Waals surface area contributed by atoms with Crippen LogP contribution in [0.3, 0.4) is 0 Å². The van der Waals surface area contributed by atoms with Gasteiger partial charge in [-0.05, 0) is 61.8 Å². The first-order valence-corrected chi connectivity index (χ1v) is 12.2. The van der Waals surface area contributed by atoms with Gasteiger partial charge in [0.2, 0.25) is 0 Å². The Morgan fingerprint density at radius 3 is 2.00 bits per heavy atom. The molecule has 0 spiro atoms. The SMILES string of the molecule is [2H]c1c([2H])c([2H])c(Cc2c3c([2H])c([2H])c([2H])c([2H])c3c(-c3c([2H])c([2H])c([2H])c([2H])c3[2H])c3c([2H])c([2H])c([2H])c(-c4c([2H])c([2H])c([2H])c5c4oc4ccccc45)c23)c([2H])c1[2H]. The number of hydrogen-bond acceptors (Lipinski definition) is 1. The number of para-hydroxylation sites is 2. The van der Waals surface area contributed by atoms with E-state index < -0.39 is 166 Å². The Morgan fingerprint density at radius 1 is 0.525 bits per heavy atom. The molecule has 0 bridgehead atoms. The summed E-state index contributed by atoms with van der Waals surface area (Å²) in [5, 5.41) is -1.49. The number of fused-ring (bicyclic) bond motifs is 5. The molecule has 1 heteroatoms. The van der Waals surface area contributed by atoms with Crippen LogP contribution in [0.4, 0.5) is 0 Å². The van der Waals surface area contributed by atoms with Crippen LogP contribution in [-0.2, 0) is 6.42 Å². The van der Waals surface area contributed by atoms with Crippen LogP contribution in [-0.4, -0.2) is 0 Å². The van der Waals surface area contributed by atoms with Gasteiger partial charge in [-0.25, -0.2) is 0 Å². The van der Waals surface area contributed by atoms with Crippen LogP contribution in [0.2, 0.25) is 0 Å². The second-order valence-corrected chi connectivity index (χ2v) is 8.94. The average Bonchev–Trinajstić information content (AvgIpc) is 3.62. The fraction of sp³-hybridized carbons (Fsp3) is 0.0256. The standard InChI is InChI=1S/C39H26O/c1-3-13-26(14-4-1)25-35-28-17-7-8-19-30(28)37(27-15-5-2-6-16-27)34-23-11-20-31(38(34)35)33-22-12-21-32-29-18-9-10-24-36(29)40-39(32)33/h1-24H,25H2/i1D,2D,3D,4D,5D,6D,7D,8D,11D,12D,13D,14D,15D,16D,17D,19D,20D,21D,22D,23D. The molecule has 0 fully saturated rings. The van der Waals surface area contributed by atoms with Gasteiger partial charge in [0.1, 0.15) is 11.2 Å². The van der Waals surface area contributed by atoms with Gasteiger partial charge in [0.05, 0.1) is 27.4 Å². The van der Waals surface area contributed by atoms with E-state index >= 15 is 0 Å². The second kappa shape index (κ2) is 9.25. The van der Waals surface area contributed by atoms with E-state index in [9.17, 15) is 8.22 Å². The minimum absolute atomic E-state index is 0.0244. The Morgan fingerprint density at radius 2 is 1.18 bits per heavy atom. The van der Waals surface area contributed by atoms with Crippen LogP contribution < -0.4 is 0 Å². The van der Waals surface area contributed by atoms with Crippen molar-refractivity contribution in [2.75, 3.05) is 0 Å². The predicted octanol–water partition coefficient (Wildman–Crippen LogP) is 10.8. The summed E-state index contributed by atoms with van der Waals surface area (Å²) in [6, 6.07) is -9.00. The zero-order valence-corrected chi connectivity index (χ0v) is 20.4. The van der Waals surface area contributed by atoms with E-state index in [0.717, 1.165) is 0 Å². The minimum Gasteiger partial charge on any atom is -0.455 e. The normalized spacial score (nSPS) is 18.6. The molecule has 1 aromatic heterocycles.